The Morgan fingerprint density at radius 1 is 1.08 bits per heavy atom. The zero-order valence-corrected chi connectivity index (χ0v) is 17.4. The van der Waals surface area contributed by atoms with Crippen molar-refractivity contribution < 1.29 is 5.11 Å². The summed E-state index contributed by atoms with van der Waals surface area (Å²) in [6.45, 7) is 16.3. The number of hydrazine groups is 1. The van der Waals surface area contributed by atoms with Gasteiger partial charge < -0.3 is 15.9 Å². The van der Waals surface area contributed by atoms with Crippen molar-refractivity contribution in [1.29, 1.82) is 5.41 Å². The topological polar surface area (TPSA) is 59.4 Å². The molecule has 1 unspecified atom stereocenters. The average Bonchev–Trinajstić information content (AvgIpc) is 2.49. The Morgan fingerprint density at radius 3 is 2.31 bits per heavy atom. The molecule has 1 atom stereocenters. The van der Waals surface area contributed by atoms with Crippen LogP contribution in [0, 0.1) is 11.3 Å². The Hall–Kier alpha value is -1.81. The predicted octanol–water partition coefficient (Wildman–Crippen LogP) is 5.23. The molecule has 0 fully saturated rings. The highest BCUT2D eigenvalue weighted by Crippen LogP contribution is 2.40. The first-order valence-electron chi connectivity index (χ1n) is 9.51. The molecule has 1 aliphatic heterocycles. The third-order valence-electron chi connectivity index (χ3n) is 5.00. The lowest BCUT2D eigenvalue weighted by Crippen LogP contribution is -2.38. The molecule has 0 bridgehead atoms. The van der Waals surface area contributed by atoms with Gasteiger partial charge in [-0.1, -0.05) is 66.7 Å². The van der Waals surface area contributed by atoms with Crippen LogP contribution in [-0.4, -0.2) is 28.9 Å². The molecule has 1 heterocycles. The van der Waals surface area contributed by atoms with Gasteiger partial charge in [-0.15, -0.1) is 0 Å². The fraction of sp³-hybridized carbons (Fsp3) is 0.591. The minimum absolute atomic E-state index is 0.0124. The van der Waals surface area contributed by atoms with Gasteiger partial charge in [0.15, 0.2) is 0 Å². The van der Waals surface area contributed by atoms with E-state index in [1.165, 1.54) is 5.56 Å². The molecule has 3 N–H and O–H groups in total. The van der Waals surface area contributed by atoms with E-state index < -0.39 is 0 Å². The maximum Gasteiger partial charge on any atom is 0.143 e. The fourth-order valence-corrected chi connectivity index (χ4v) is 3.05. The second-order valence-corrected chi connectivity index (χ2v) is 9.55. The van der Waals surface area contributed by atoms with Crippen molar-refractivity contribution in [2.45, 2.75) is 65.7 Å². The van der Waals surface area contributed by atoms with Crippen molar-refractivity contribution in [1.82, 2.24) is 5.01 Å². The molecule has 2 rings (SSSR count). The maximum absolute atomic E-state index is 10.9. The van der Waals surface area contributed by atoms with Crippen molar-refractivity contribution in [2.24, 2.45) is 5.92 Å². The summed E-state index contributed by atoms with van der Waals surface area (Å²) in [5.41, 5.74) is 6.78. The molecular formula is C22H35N3O. The highest BCUT2D eigenvalue weighted by atomic mass is 16.3. The average molecular weight is 358 g/mol. The van der Waals surface area contributed by atoms with Gasteiger partial charge in [-0.2, -0.15) is 0 Å². The molecule has 144 valence electrons. The van der Waals surface area contributed by atoms with Gasteiger partial charge >= 0.3 is 0 Å². The van der Waals surface area contributed by atoms with Gasteiger partial charge in [0.05, 0.1) is 12.2 Å². The Bertz CT molecular complexity index is 693. The first-order valence-corrected chi connectivity index (χ1v) is 9.51. The highest BCUT2D eigenvalue weighted by molar-refractivity contribution is 5.86. The molecule has 0 saturated carbocycles. The molecule has 0 amide bonds. The Kier molecular flexibility index (Phi) is 5.86. The first kappa shape index (κ1) is 20.5. The van der Waals surface area contributed by atoms with Gasteiger partial charge in [0.1, 0.15) is 5.75 Å². The molecule has 0 saturated heterocycles. The summed E-state index contributed by atoms with van der Waals surface area (Å²) in [5.74, 6) is 0.548. The van der Waals surface area contributed by atoms with E-state index in [9.17, 15) is 5.11 Å². The SMILES string of the molecule is CC1C/C=C\CN(Nc2cc(C(C)(C)C)cc(C(C)(C)C)c2O)CC1=N. The van der Waals surface area contributed by atoms with Crippen LogP contribution >= 0.6 is 0 Å². The number of nitrogens with zero attached hydrogens (tertiary/aromatic N) is 1. The van der Waals surface area contributed by atoms with Crippen LogP contribution in [0.1, 0.15) is 66.0 Å². The predicted molar refractivity (Wildman–Crippen MR) is 111 cm³/mol. The second kappa shape index (κ2) is 7.43. The summed E-state index contributed by atoms with van der Waals surface area (Å²) in [6.07, 6.45) is 5.19. The van der Waals surface area contributed by atoms with Crippen molar-refractivity contribution in [3.8, 4) is 5.75 Å². The van der Waals surface area contributed by atoms with E-state index in [1.54, 1.807) is 0 Å². The lowest BCUT2D eigenvalue weighted by Gasteiger charge is -2.31. The number of aromatic hydroxyl groups is 1. The summed E-state index contributed by atoms with van der Waals surface area (Å²) in [6, 6.07) is 4.16. The van der Waals surface area contributed by atoms with Crippen LogP contribution in [0.2, 0.25) is 0 Å². The number of nitrogens with one attached hydrogen (secondary N) is 2. The minimum atomic E-state index is -0.154. The number of hydrogen-bond acceptors (Lipinski definition) is 4. The standard InChI is InChI=1S/C22H35N3O/c1-15-10-8-9-11-25(14-18(15)23)24-19-13-16(21(2,3)4)12-17(20(19)26)22(5,6)7/h8-9,12-13,15,23-24,26H,10-11,14H2,1-7H3/b9-8-,23-18?. The molecule has 0 spiro atoms. The largest absolute Gasteiger partial charge is 0.505 e. The van der Waals surface area contributed by atoms with Crippen molar-refractivity contribution in [3.05, 3.63) is 35.4 Å². The van der Waals surface area contributed by atoms with E-state index >= 15 is 0 Å². The molecule has 1 aliphatic rings. The van der Waals surface area contributed by atoms with E-state index in [1.807, 2.05) is 11.1 Å². The molecule has 26 heavy (non-hydrogen) atoms. The molecule has 0 radical (unpaired) electrons. The Balaban J connectivity index is 2.43. The van der Waals surface area contributed by atoms with Gasteiger partial charge in [0, 0.05) is 17.8 Å². The van der Waals surface area contributed by atoms with Crippen molar-refractivity contribution in [2.75, 3.05) is 18.5 Å². The zero-order valence-electron chi connectivity index (χ0n) is 17.4. The molecule has 1 aromatic carbocycles. The van der Waals surface area contributed by atoms with Crippen LogP contribution in [0.4, 0.5) is 5.69 Å². The number of hydrogen-bond donors (Lipinski definition) is 3. The minimum Gasteiger partial charge on any atom is -0.505 e. The number of benzene rings is 1. The molecule has 4 nitrogen and oxygen atoms in total. The fourth-order valence-electron chi connectivity index (χ4n) is 3.05. The molecule has 0 aliphatic carbocycles. The molecule has 1 aromatic rings. The summed E-state index contributed by atoms with van der Waals surface area (Å²) in [5, 5.41) is 21.2. The Morgan fingerprint density at radius 2 is 1.73 bits per heavy atom. The van der Waals surface area contributed by atoms with Gasteiger partial charge in [-0.3, -0.25) is 0 Å². The lowest BCUT2D eigenvalue weighted by molar-refractivity contribution is 0.394. The lowest BCUT2D eigenvalue weighted by atomic mass is 9.80. The van der Waals surface area contributed by atoms with Gasteiger partial charge in [0.25, 0.3) is 0 Å². The van der Waals surface area contributed by atoms with Crippen LogP contribution < -0.4 is 5.43 Å². The van der Waals surface area contributed by atoms with Crippen LogP contribution in [0.3, 0.4) is 0 Å². The van der Waals surface area contributed by atoms with Crippen molar-refractivity contribution >= 4 is 11.4 Å². The highest BCUT2D eigenvalue weighted by Gasteiger charge is 2.26. The number of rotatable bonds is 2. The number of allylic oxidation sites excluding steroid dienone is 1. The third-order valence-corrected chi connectivity index (χ3v) is 5.00. The maximum atomic E-state index is 10.9. The summed E-state index contributed by atoms with van der Waals surface area (Å²) >= 11 is 0. The number of phenolic OH excluding ortho intramolecular Hbond substituents is 1. The van der Waals surface area contributed by atoms with Gasteiger partial charge in [-0.05, 0) is 34.8 Å². The van der Waals surface area contributed by atoms with Crippen LogP contribution in [0.15, 0.2) is 24.3 Å². The van der Waals surface area contributed by atoms with E-state index in [0.717, 1.165) is 17.7 Å². The number of phenols is 1. The van der Waals surface area contributed by atoms with Crippen molar-refractivity contribution in [3.63, 3.8) is 0 Å². The smallest absolute Gasteiger partial charge is 0.143 e. The summed E-state index contributed by atoms with van der Waals surface area (Å²) < 4.78 is 0. The quantitative estimate of drug-likeness (QED) is 0.501. The first-order chi connectivity index (χ1) is 11.9. The summed E-state index contributed by atoms with van der Waals surface area (Å²) in [7, 11) is 0. The summed E-state index contributed by atoms with van der Waals surface area (Å²) in [4.78, 5) is 0. The van der Waals surface area contributed by atoms with E-state index in [0.29, 0.717) is 24.6 Å². The van der Waals surface area contributed by atoms with Gasteiger partial charge in [-0.25, -0.2) is 5.01 Å². The number of anilines is 1. The van der Waals surface area contributed by atoms with Crippen LogP contribution in [0.5, 0.6) is 5.75 Å². The molecular weight excluding hydrogens is 322 g/mol. The Labute approximate surface area is 158 Å². The molecule has 0 aromatic heterocycles. The zero-order chi connectivity index (χ0) is 19.7. The monoisotopic (exact) mass is 357 g/mol. The second-order valence-electron chi connectivity index (χ2n) is 9.55. The van der Waals surface area contributed by atoms with E-state index in [-0.39, 0.29) is 16.7 Å². The van der Waals surface area contributed by atoms with E-state index in [2.05, 4.69) is 72.1 Å². The van der Waals surface area contributed by atoms with Crippen LogP contribution in [-0.2, 0) is 10.8 Å². The van der Waals surface area contributed by atoms with Crippen LogP contribution in [0.25, 0.3) is 0 Å². The normalized spacial score (nSPS) is 21.2. The van der Waals surface area contributed by atoms with E-state index in [4.69, 9.17) is 5.41 Å². The van der Waals surface area contributed by atoms with Gasteiger partial charge in [0.2, 0.25) is 0 Å². The third kappa shape index (κ3) is 4.88. The molecule has 4 heteroatoms.